The average Bonchev–Trinajstić information content (AvgIpc) is 2.74. The Kier molecular flexibility index (Phi) is 6.63. The van der Waals surface area contributed by atoms with Gasteiger partial charge in [0.1, 0.15) is 12.2 Å². The van der Waals surface area contributed by atoms with E-state index in [0.29, 0.717) is 12.8 Å². The molecule has 0 aliphatic carbocycles. The van der Waals surface area contributed by atoms with Crippen molar-refractivity contribution in [3.05, 3.63) is 24.3 Å². The van der Waals surface area contributed by atoms with Gasteiger partial charge in [-0.25, -0.2) is 0 Å². The van der Waals surface area contributed by atoms with Gasteiger partial charge in [-0.05, 0) is 19.3 Å². The van der Waals surface area contributed by atoms with Gasteiger partial charge < -0.3 is 9.84 Å². The minimum Gasteiger partial charge on any atom is -0.459 e. The van der Waals surface area contributed by atoms with Crippen molar-refractivity contribution < 1.29 is 14.6 Å². The minimum absolute atomic E-state index is 0.211. The number of aliphatic hydroxyl groups is 1. The second-order valence-corrected chi connectivity index (χ2v) is 4.37. The summed E-state index contributed by atoms with van der Waals surface area (Å²) in [7, 11) is 0. The Morgan fingerprint density at radius 3 is 2.94 bits per heavy atom. The molecule has 0 aromatic rings. The number of carbonyl (C=O) groups is 1. The van der Waals surface area contributed by atoms with Gasteiger partial charge in [0, 0.05) is 6.42 Å². The molecule has 1 saturated heterocycles. The van der Waals surface area contributed by atoms with E-state index in [2.05, 4.69) is 13.0 Å². The maximum atomic E-state index is 10.9. The van der Waals surface area contributed by atoms with Crippen molar-refractivity contribution in [1.29, 1.82) is 0 Å². The lowest BCUT2D eigenvalue weighted by Crippen LogP contribution is -2.23. The molecule has 1 aliphatic rings. The number of unbranched alkanes of at least 4 members (excludes halogenated alkanes) is 3. The Labute approximate surface area is 103 Å². The summed E-state index contributed by atoms with van der Waals surface area (Å²) in [6.45, 7) is 2.18. The fourth-order valence-electron chi connectivity index (χ4n) is 1.78. The summed E-state index contributed by atoms with van der Waals surface area (Å²) in [5.74, 6) is -0.211. The zero-order chi connectivity index (χ0) is 12.5. The monoisotopic (exact) mass is 238 g/mol. The van der Waals surface area contributed by atoms with Gasteiger partial charge in [0.05, 0.1) is 0 Å². The van der Waals surface area contributed by atoms with Gasteiger partial charge in [-0.2, -0.15) is 0 Å². The van der Waals surface area contributed by atoms with Crippen molar-refractivity contribution in [2.24, 2.45) is 0 Å². The van der Waals surface area contributed by atoms with Crippen LogP contribution in [0.15, 0.2) is 24.3 Å². The fraction of sp³-hybridized carbons (Fsp3) is 0.643. The SMILES string of the molecule is CCCCC/C=C/C=C\C(O)[C@H]1CCC(=O)O1. The van der Waals surface area contributed by atoms with E-state index >= 15 is 0 Å². The second-order valence-electron chi connectivity index (χ2n) is 4.37. The zero-order valence-electron chi connectivity index (χ0n) is 10.5. The molecular weight excluding hydrogens is 216 g/mol. The van der Waals surface area contributed by atoms with E-state index in [9.17, 15) is 9.90 Å². The van der Waals surface area contributed by atoms with Crippen LogP contribution in [0.2, 0.25) is 0 Å². The van der Waals surface area contributed by atoms with Gasteiger partial charge in [0.15, 0.2) is 0 Å². The topological polar surface area (TPSA) is 46.5 Å². The summed E-state index contributed by atoms with van der Waals surface area (Å²) in [6.07, 6.45) is 12.3. The van der Waals surface area contributed by atoms with Crippen molar-refractivity contribution in [1.82, 2.24) is 0 Å². The highest BCUT2D eigenvalue weighted by Gasteiger charge is 2.27. The number of ether oxygens (including phenoxy) is 1. The molecule has 1 aliphatic heterocycles. The molecule has 3 heteroatoms. The zero-order valence-corrected chi connectivity index (χ0v) is 10.5. The summed E-state index contributed by atoms with van der Waals surface area (Å²) in [6, 6.07) is 0. The highest BCUT2D eigenvalue weighted by atomic mass is 16.6. The van der Waals surface area contributed by atoms with Crippen LogP contribution in [0.25, 0.3) is 0 Å². The van der Waals surface area contributed by atoms with E-state index < -0.39 is 6.10 Å². The molecular formula is C14H22O3. The van der Waals surface area contributed by atoms with Gasteiger partial charge in [-0.15, -0.1) is 0 Å². The Hall–Kier alpha value is -1.09. The molecule has 1 unspecified atom stereocenters. The Balaban J connectivity index is 2.17. The van der Waals surface area contributed by atoms with Crippen LogP contribution in [0.5, 0.6) is 0 Å². The van der Waals surface area contributed by atoms with Crippen molar-refractivity contribution in [2.75, 3.05) is 0 Å². The molecule has 0 aromatic heterocycles. The first kappa shape index (κ1) is 14.0. The number of cyclic esters (lactones) is 1. The molecule has 1 heterocycles. The highest BCUT2D eigenvalue weighted by molar-refractivity contribution is 5.71. The molecule has 96 valence electrons. The van der Waals surface area contributed by atoms with E-state index in [4.69, 9.17) is 4.74 Å². The second kappa shape index (κ2) is 8.07. The smallest absolute Gasteiger partial charge is 0.306 e. The first-order chi connectivity index (χ1) is 8.24. The Morgan fingerprint density at radius 2 is 2.29 bits per heavy atom. The first-order valence-corrected chi connectivity index (χ1v) is 6.45. The van der Waals surface area contributed by atoms with Gasteiger partial charge in [-0.1, -0.05) is 44.1 Å². The molecule has 0 saturated carbocycles. The molecule has 3 nitrogen and oxygen atoms in total. The quantitative estimate of drug-likeness (QED) is 0.421. The van der Waals surface area contributed by atoms with Crippen LogP contribution in [0, 0.1) is 0 Å². The Bertz CT molecular complexity index is 281. The number of hydrogen-bond acceptors (Lipinski definition) is 3. The molecule has 0 bridgehead atoms. The Morgan fingerprint density at radius 1 is 1.47 bits per heavy atom. The molecule has 1 N–H and O–H groups in total. The van der Waals surface area contributed by atoms with Crippen LogP contribution in [-0.2, 0) is 9.53 Å². The summed E-state index contributed by atoms with van der Waals surface area (Å²) >= 11 is 0. The van der Waals surface area contributed by atoms with Crippen LogP contribution in [0.3, 0.4) is 0 Å². The van der Waals surface area contributed by atoms with E-state index in [1.165, 1.54) is 19.3 Å². The number of allylic oxidation sites excluding steroid dienone is 3. The summed E-state index contributed by atoms with van der Waals surface area (Å²) in [5, 5.41) is 9.71. The molecule has 0 amide bonds. The summed E-state index contributed by atoms with van der Waals surface area (Å²) < 4.78 is 4.97. The standard InChI is InChI=1S/C14H22O3/c1-2-3-4-5-6-7-8-9-12(15)13-10-11-14(16)17-13/h6-9,12-13,15H,2-5,10-11H2,1H3/b7-6+,9-8-/t12?,13-/m1/s1. The summed E-state index contributed by atoms with van der Waals surface area (Å²) in [4.78, 5) is 10.9. The minimum atomic E-state index is -0.679. The number of rotatable bonds is 7. The van der Waals surface area contributed by atoms with Crippen LogP contribution in [0.1, 0.15) is 45.4 Å². The maximum absolute atomic E-state index is 10.9. The van der Waals surface area contributed by atoms with E-state index in [0.717, 1.165) is 6.42 Å². The number of carbonyl (C=O) groups excluding carboxylic acids is 1. The van der Waals surface area contributed by atoms with E-state index in [1.807, 2.05) is 12.2 Å². The number of hydrogen-bond donors (Lipinski definition) is 1. The number of aliphatic hydroxyl groups excluding tert-OH is 1. The predicted octanol–water partition coefficient (Wildman–Crippen LogP) is 2.75. The van der Waals surface area contributed by atoms with E-state index in [1.54, 1.807) is 6.08 Å². The molecule has 1 rings (SSSR count). The third-order valence-electron chi connectivity index (χ3n) is 2.83. The van der Waals surface area contributed by atoms with Gasteiger partial charge in [-0.3, -0.25) is 4.79 Å². The number of esters is 1. The average molecular weight is 238 g/mol. The largest absolute Gasteiger partial charge is 0.459 e. The normalized spacial score (nSPS) is 22.5. The van der Waals surface area contributed by atoms with Crippen molar-refractivity contribution in [2.45, 2.75) is 57.7 Å². The predicted molar refractivity (Wildman–Crippen MR) is 67.5 cm³/mol. The van der Waals surface area contributed by atoms with Gasteiger partial charge in [0.25, 0.3) is 0 Å². The highest BCUT2D eigenvalue weighted by Crippen LogP contribution is 2.17. The molecule has 0 radical (unpaired) electrons. The molecule has 2 atom stereocenters. The third-order valence-corrected chi connectivity index (χ3v) is 2.83. The summed E-state index contributed by atoms with van der Waals surface area (Å²) in [5.41, 5.74) is 0. The molecule has 0 spiro atoms. The lowest BCUT2D eigenvalue weighted by atomic mass is 10.1. The van der Waals surface area contributed by atoms with Gasteiger partial charge in [0.2, 0.25) is 0 Å². The fourth-order valence-corrected chi connectivity index (χ4v) is 1.78. The molecule has 1 fully saturated rings. The van der Waals surface area contributed by atoms with Gasteiger partial charge >= 0.3 is 5.97 Å². The lowest BCUT2D eigenvalue weighted by molar-refractivity contribution is -0.144. The van der Waals surface area contributed by atoms with Crippen LogP contribution >= 0.6 is 0 Å². The third kappa shape index (κ3) is 5.68. The van der Waals surface area contributed by atoms with Crippen LogP contribution < -0.4 is 0 Å². The molecule has 0 aromatic carbocycles. The van der Waals surface area contributed by atoms with E-state index in [-0.39, 0.29) is 12.1 Å². The van der Waals surface area contributed by atoms with Crippen molar-refractivity contribution >= 4 is 5.97 Å². The first-order valence-electron chi connectivity index (χ1n) is 6.45. The van der Waals surface area contributed by atoms with Crippen LogP contribution in [0.4, 0.5) is 0 Å². The lowest BCUT2D eigenvalue weighted by Gasteiger charge is -2.12. The van der Waals surface area contributed by atoms with Crippen molar-refractivity contribution in [3.63, 3.8) is 0 Å². The van der Waals surface area contributed by atoms with Crippen molar-refractivity contribution in [3.8, 4) is 0 Å². The maximum Gasteiger partial charge on any atom is 0.306 e. The molecule has 17 heavy (non-hydrogen) atoms. The van der Waals surface area contributed by atoms with Crippen LogP contribution in [-0.4, -0.2) is 23.3 Å².